The summed E-state index contributed by atoms with van der Waals surface area (Å²) in [4.78, 5) is 18.2. The summed E-state index contributed by atoms with van der Waals surface area (Å²) in [5.41, 5.74) is 4.64. The van der Waals surface area contributed by atoms with Gasteiger partial charge in [-0.15, -0.1) is 0 Å². The van der Waals surface area contributed by atoms with E-state index < -0.39 is 6.04 Å². The Hall–Kier alpha value is -2.73. The number of carbonyl (C=O) groups is 1. The Bertz CT molecular complexity index is 1210. The predicted molar refractivity (Wildman–Crippen MR) is 148 cm³/mol. The van der Waals surface area contributed by atoms with Crippen LogP contribution in [0, 0.1) is 0 Å². The van der Waals surface area contributed by atoms with Gasteiger partial charge in [0.05, 0.1) is 15.6 Å². The number of amides is 1. The van der Waals surface area contributed by atoms with E-state index in [1.807, 2.05) is 31.4 Å². The van der Waals surface area contributed by atoms with Crippen LogP contribution in [-0.4, -0.2) is 23.9 Å². The van der Waals surface area contributed by atoms with Gasteiger partial charge in [0.1, 0.15) is 6.04 Å². The summed E-state index contributed by atoms with van der Waals surface area (Å²) < 4.78 is 0. The van der Waals surface area contributed by atoms with Gasteiger partial charge in [-0.25, -0.2) is 4.99 Å². The number of nitrogens with one attached hydrogen (secondary N) is 2. The van der Waals surface area contributed by atoms with Gasteiger partial charge >= 0.3 is 0 Å². The van der Waals surface area contributed by atoms with E-state index in [0.717, 1.165) is 22.8 Å². The molecule has 0 saturated heterocycles. The van der Waals surface area contributed by atoms with E-state index in [0.29, 0.717) is 22.2 Å². The molecule has 35 heavy (non-hydrogen) atoms. The lowest BCUT2D eigenvalue weighted by Crippen LogP contribution is -2.35. The van der Waals surface area contributed by atoms with E-state index in [2.05, 4.69) is 59.2 Å². The Kier molecular flexibility index (Phi) is 8.55. The number of benzene rings is 3. The molecule has 7 heteroatoms. The van der Waals surface area contributed by atoms with Crippen molar-refractivity contribution in [2.45, 2.75) is 25.3 Å². The van der Waals surface area contributed by atoms with Crippen molar-refractivity contribution in [3.8, 4) is 0 Å². The summed E-state index contributed by atoms with van der Waals surface area (Å²) in [5, 5.41) is 8.05. The van der Waals surface area contributed by atoms with Crippen LogP contribution in [-0.2, 0) is 4.79 Å². The Labute approximate surface area is 220 Å². The molecule has 1 heterocycles. The molecule has 0 aromatic heterocycles. The van der Waals surface area contributed by atoms with E-state index in [4.69, 9.17) is 28.2 Å². The largest absolute Gasteiger partial charge is 0.352 e. The van der Waals surface area contributed by atoms with Crippen molar-refractivity contribution in [3.05, 3.63) is 117 Å². The zero-order valence-electron chi connectivity index (χ0n) is 19.6. The Morgan fingerprint density at radius 1 is 1.00 bits per heavy atom. The highest BCUT2D eigenvalue weighted by atomic mass is 35.5. The van der Waals surface area contributed by atoms with Crippen molar-refractivity contribution in [3.63, 3.8) is 0 Å². The highest BCUT2D eigenvalue weighted by molar-refractivity contribution is 8.13. The van der Waals surface area contributed by atoms with Gasteiger partial charge in [-0.05, 0) is 48.4 Å². The van der Waals surface area contributed by atoms with Crippen LogP contribution in [0.25, 0.3) is 0 Å². The second kappa shape index (κ2) is 11.8. The molecule has 3 aromatic carbocycles. The van der Waals surface area contributed by atoms with Crippen LogP contribution in [0.3, 0.4) is 0 Å². The molecule has 4 nitrogen and oxygen atoms in total. The van der Waals surface area contributed by atoms with Crippen LogP contribution in [0.1, 0.15) is 42.0 Å². The average Bonchev–Trinajstić information content (AvgIpc) is 2.88. The molecular weight excluding hydrogens is 497 g/mol. The predicted octanol–water partition coefficient (Wildman–Crippen LogP) is 6.97. The lowest BCUT2D eigenvalue weighted by Gasteiger charge is -2.26. The topological polar surface area (TPSA) is 53.5 Å². The Balaban J connectivity index is 1.54. The molecule has 1 atom stereocenters. The van der Waals surface area contributed by atoms with Crippen molar-refractivity contribution in [1.82, 2.24) is 10.6 Å². The smallest absolute Gasteiger partial charge is 0.251 e. The first-order valence-corrected chi connectivity index (χ1v) is 13.4. The second-order valence-corrected chi connectivity index (χ2v) is 9.91. The van der Waals surface area contributed by atoms with Gasteiger partial charge in [-0.1, -0.05) is 102 Å². The van der Waals surface area contributed by atoms with Gasteiger partial charge in [0.2, 0.25) is 0 Å². The van der Waals surface area contributed by atoms with Crippen LogP contribution in [0.4, 0.5) is 0 Å². The molecule has 0 bridgehead atoms. The summed E-state index contributed by atoms with van der Waals surface area (Å²) in [6, 6.07) is 25.7. The van der Waals surface area contributed by atoms with Crippen LogP contribution >= 0.6 is 35.0 Å². The molecule has 2 N–H and O–H groups in total. The van der Waals surface area contributed by atoms with E-state index in [9.17, 15) is 4.79 Å². The van der Waals surface area contributed by atoms with Crippen molar-refractivity contribution in [2.24, 2.45) is 4.99 Å². The third kappa shape index (κ3) is 6.10. The minimum atomic E-state index is -0.465. The SMILES string of the molecule is CSC1=NC(c2ccc(Cl)c(Cl)c2)C(C(=O)NCCC(c2ccccc2)c2ccccc2)=C(C)N1. The summed E-state index contributed by atoms with van der Waals surface area (Å²) in [7, 11) is 0. The first-order chi connectivity index (χ1) is 17.0. The molecule has 4 rings (SSSR count). The fourth-order valence-corrected chi connectivity index (χ4v) is 5.06. The molecule has 0 spiro atoms. The zero-order chi connectivity index (χ0) is 24.8. The molecule has 3 aromatic rings. The van der Waals surface area contributed by atoms with E-state index >= 15 is 0 Å². The maximum atomic E-state index is 13.4. The summed E-state index contributed by atoms with van der Waals surface area (Å²) in [6.07, 6.45) is 2.72. The molecule has 1 amide bonds. The average molecular weight is 525 g/mol. The van der Waals surface area contributed by atoms with E-state index in [1.165, 1.54) is 22.9 Å². The van der Waals surface area contributed by atoms with Gasteiger partial charge < -0.3 is 10.6 Å². The molecule has 0 fully saturated rings. The molecule has 180 valence electrons. The summed E-state index contributed by atoms with van der Waals surface area (Å²) in [5.74, 6) is 0.0408. The second-order valence-electron chi connectivity index (χ2n) is 8.30. The Morgan fingerprint density at radius 2 is 1.63 bits per heavy atom. The summed E-state index contributed by atoms with van der Waals surface area (Å²) in [6.45, 7) is 2.43. The lowest BCUT2D eigenvalue weighted by atomic mass is 9.88. The first-order valence-electron chi connectivity index (χ1n) is 11.4. The molecule has 0 aliphatic carbocycles. The van der Waals surface area contributed by atoms with Crippen LogP contribution in [0.2, 0.25) is 10.0 Å². The van der Waals surface area contributed by atoms with Gasteiger partial charge in [0.15, 0.2) is 5.17 Å². The van der Waals surface area contributed by atoms with E-state index in [1.54, 1.807) is 12.1 Å². The number of halogens is 2. The van der Waals surface area contributed by atoms with Crippen molar-refractivity contribution in [1.29, 1.82) is 0 Å². The quantitative estimate of drug-likeness (QED) is 0.351. The third-order valence-electron chi connectivity index (χ3n) is 6.04. The van der Waals surface area contributed by atoms with Gasteiger partial charge in [0.25, 0.3) is 5.91 Å². The number of hydrogen-bond acceptors (Lipinski definition) is 4. The molecule has 0 saturated carbocycles. The minimum Gasteiger partial charge on any atom is -0.352 e. The first kappa shape index (κ1) is 25.4. The summed E-state index contributed by atoms with van der Waals surface area (Å²) >= 11 is 13.9. The van der Waals surface area contributed by atoms with Crippen molar-refractivity contribution < 1.29 is 4.79 Å². The van der Waals surface area contributed by atoms with Gasteiger partial charge in [0, 0.05) is 18.2 Å². The molecule has 1 unspecified atom stereocenters. The highest BCUT2D eigenvalue weighted by Crippen LogP contribution is 2.35. The van der Waals surface area contributed by atoms with Gasteiger partial charge in [-0.3, -0.25) is 4.79 Å². The number of amidine groups is 1. The number of rotatable bonds is 7. The molecule has 1 aliphatic rings. The number of nitrogens with zero attached hydrogens (tertiary/aromatic N) is 1. The van der Waals surface area contributed by atoms with Crippen LogP contribution in [0.15, 0.2) is 95.1 Å². The van der Waals surface area contributed by atoms with Crippen molar-refractivity contribution in [2.75, 3.05) is 12.8 Å². The normalized spacial score (nSPS) is 15.6. The number of thioether (sulfide) groups is 1. The van der Waals surface area contributed by atoms with E-state index in [-0.39, 0.29) is 11.8 Å². The van der Waals surface area contributed by atoms with Crippen LogP contribution in [0.5, 0.6) is 0 Å². The maximum Gasteiger partial charge on any atom is 0.251 e. The molecule has 0 radical (unpaired) electrons. The zero-order valence-corrected chi connectivity index (χ0v) is 21.9. The third-order valence-corrected chi connectivity index (χ3v) is 7.37. The monoisotopic (exact) mass is 523 g/mol. The van der Waals surface area contributed by atoms with Crippen LogP contribution < -0.4 is 10.6 Å². The standard InChI is InChI=1S/C28H27Cl2N3OS/c1-18-25(26(33-28(32-18)35-2)21-13-14-23(29)24(30)17-21)27(34)31-16-15-22(19-9-5-3-6-10-19)20-11-7-4-8-12-20/h3-14,17,22,26H,15-16H2,1-2H3,(H,31,34)(H,32,33). The number of allylic oxidation sites excluding steroid dienone is 1. The maximum absolute atomic E-state index is 13.4. The fraction of sp³-hybridized carbons (Fsp3) is 0.214. The lowest BCUT2D eigenvalue weighted by molar-refractivity contribution is -0.117. The Morgan fingerprint density at radius 3 is 2.20 bits per heavy atom. The van der Waals surface area contributed by atoms with Crippen molar-refractivity contribution >= 4 is 46.0 Å². The van der Waals surface area contributed by atoms with Gasteiger partial charge in [-0.2, -0.15) is 0 Å². The minimum absolute atomic E-state index is 0.144. The fourth-order valence-electron chi connectivity index (χ4n) is 4.29. The number of aliphatic imine (C=N–C) groups is 1. The highest BCUT2D eigenvalue weighted by Gasteiger charge is 2.29. The molecular formula is C28H27Cl2N3OS. The number of hydrogen-bond donors (Lipinski definition) is 2. The number of carbonyl (C=O) groups excluding carboxylic acids is 1. The molecule has 1 aliphatic heterocycles.